The van der Waals surface area contributed by atoms with Crippen molar-refractivity contribution in [2.75, 3.05) is 19.0 Å². The number of ether oxygens (including phenoxy) is 4. The molecule has 1 aliphatic heterocycles. The zero-order valence-corrected chi connectivity index (χ0v) is 17.9. The van der Waals surface area contributed by atoms with E-state index in [9.17, 15) is 13.6 Å². The van der Waals surface area contributed by atoms with Gasteiger partial charge in [-0.15, -0.1) is 0 Å². The van der Waals surface area contributed by atoms with E-state index in [-0.39, 0.29) is 35.6 Å². The molecule has 2 aromatic rings. The van der Waals surface area contributed by atoms with Crippen molar-refractivity contribution in [3.63, 3.8) is 0 Å². The number of aromatic nitrogens is 1. The highest BCUT2D eigenvalue weighted by molar-refractivity contribution is 5.86. The molecule has 1 N–H and O–H groups in total. The lowest BCUT2D eigenvalue weighted by molar-refractivity contribution is -0.0534. The van der Waals surface area contributed by atoms with E-state index in [1.807, 2.05) is 6.92 Å². The molecule has 0 radical (unpaired) electrons. The van der Waals surface area contributed by atoms with E-state index in [0.717, 1.165) is 12.0 Å². The van der Waals surface area contributed by atoms with Crippen molar-refractivity contribution < 1.29 is 32.5 Å². The van der Waals surface area contributed by atoms with Crippen LogP contribution in [0.15, 0.2) is 24.4 Å². The Hall–Kier alpha value is -3.10. The maximum atomic E-state index is 13.2. The second-order valence-electron chi connectivity index (χ2n) is 7.83. The van der Waals surface area contributed by atoms with Gasteiger partial charge >= 0.3 is 12.7 Å². The third-order valence-corrected chi connectivity index (χ3v) is 4.74. The zero-order valence-electron chi connectivity index (χ0n) is 17.9. The van der Waals surface area contributed by atoms with Crippen LogP contribution in [0, 0.1) is 11.8 Å². The van der Waals surface area contributed by atoms with Crippen LogP contribution >= 0.6 is 0 Å². The van der Waals surface area contributed by atoms with Gasteiger partial charge < -0.3 is 18.9 Å². The quantitative estimate of drug-likeness (QED) is 0.590. The average Bonchev–Trinajstić information content (AvgIpc) is 2.71. The highest BCUT2D eigenvalue weighted by atomic mass is 19.3. The number of halogens is 2. The minimum absolute atomic E-state index is 0.112. The molecule has 1 aliphatic rings. The lowest BCUT2D eigenvalue weighted by Crippen LogP contribution is -2.15. The summed E-state index contributed by atoms with van der Waals surface area (Å²) in [5.41, 5.74) is 1.96. The number of methoxy groups -OCH3 is 1. The van der Waals surface area contributed by atoms with Gasteiger partial charge in [0.25, 0.3) is 0 Å². The number of hydrogen-bond donors (Lipinski definition) is 1. The molecule has 1 aromatic carbocycles. The fourth-order valence-electron chi connectivity index (χ4n) is 3.54. The molecule has 0 aliphatic carbocycles. The number of pyridine rings is 1. The average molecular weight is 436 g/mol. The minimum atomic E-state index is -3.04. The number of hydrogen-bond acceptors (Lipinski definition) is 6. The second kappa shape index (κ2) is 9.80. The molecule has 9 heteroatoms. The second-order valence-corrected chi connectivity index (χ2v) is 7.83. The summed E-state index contributed by atoms with van der Waals surface area (Å²) in [7, 11) is 1.24. The van der Waals surface area contributed by atoms with Crippen LogP contribution in [0.5, 0.6) is 17.2 Å². The summed E-state index contributed by atoms with van der Waals surface area (Å²) in [6, 6.07) is 4.94. The van der Waals surface area contributed by atoms with Gasteiger partial charge in [-0.05, 0) is 42.0 Å². The molecule has 0 spiro atoms. The van der Waals surface area contributed by atoms with Crippen LogP contribution in [0.4, 0.5) is 19.4 Å². The number of nitrogens with one attached hydrogen (secondary N) is 1. The van der Waals surface area contributed by atoms with Gasteiger partial charge in [0.15, 0.2) is 11.5 Å². The standard InChI is InChI=1S/C22H26F2N2O5/c1-12(2)7-13(3)10-29-17-6-5-15-16-8-18(26-22(27)28-4)25-9-14(16)11-30-19(15)20(17)31-21(23)24/h5-6,8-9,12-13,21H,7,10-11H2,1-4H3,(H,25,26,27)/t13-/m1/s1. The van der Waals surface area contributed by atoms with Gasteiger partial charge in [0.1, 0.15) is 12.4 Å². The fourth-order valence-corrected chi connectivity index (χ4v) is 3.54. The predicted molar refractivity (Wildman–Crippen MR) is 111 cm³/mol. The van der Waals surface area contributed by atoms with E-state index in [1.54, 1.807) is 24.4 Å². The van der Waals surface area contributed by atoms with Crippen molar-refractivity contribution in [1.29, 1.82) is 0 Å². The molecule has 0 bridgehead atoms. The Morgan fingerprint density at radius 3 is 2.71 bits per heavy atom. The highest BCUT2D eigenvalue weighted by Gasteiger charge is 2.27. The molecule has 1 amide bonds. The van der Waals surface area contributed by atoms with Crippen LogP contribution < -0.4 is 19.5 Å². The number of rotatable bonds is 8. The summed E-state index contributed by atoms with van der Waals surface area (Å²) in [4.78, 5) is 15.6. The third kappa shape index (κ3) is 5.53. The molecule has 1 aromatic heterocycles. The summed E-state index contributed by atoms with van der Waals surface area (Å²) in [5.74, 6) is 1.22. The van der Waals surface area contributed by atoms with Crippen molar-refractivity contribution in [1.82, 2.24) is 4.98 Å². The number of carbonyl (C=O) groups is 1. The lowest BCUT2D eigenvalue weighted by Gasteiger charge is -2.25. The van der Waals surface area contributed by atoms with Gasteiger partial charge in [-0.3, -0.25) is 5.32 Å². The van der Waals surface area contributed by atoms with E-state index in [2.05, 4.69) is 28.9 Å². The van der Waals surface area contributed by atoms with Gasteiger partial charge in [0, 0.05) is 17.3 Å². The summed E-state index contributed by atoms with van der Waals surface area (Å²) in [5, 5.41) is 2.49. The number of amides is 1. The van der Waals surface area contributed by atoms with Crippen LogP contribution in [-0.2, 0) is 11.3 Å². The molecule has 1 atom stereocenters. The smallest absolute Gasteiger partial charge is 0.412 e. The van der Waals surface area contributed by atoms with Crippen LogP contribution in [0.3, 0.4) is 0 Å². The summed E-state index contributed by atoms with van der Waals surface area (Å²) in [6.45, 7) is 3.71. The Balaban J connectivity index is 1.95. The Bertz CT molecular complexity index is 936. The van der Waals surface area contributed by atoms with Crippen molar-refractivity contribution in [3.8, 4) is 28.4 Å². The van der Waals surface area contributed by atoms with Crippen molar-refractivity contribution in [2.45, 2.75) is 40.4 Å². The van der Waals surface area contributed by atoms with Crippen molar-refractivity contribution in [2.24, 2.45) is 11.8 Å². The van der Waals surface area contributed by atoms with E-state index >= 15 is 0 Å². The Morgan fingerprint density at radius 2 is 2.03 bits per heavy atom. The number of nitrogens with zero attached hydrogens (tertiary/aromatic N) is 1. The molecule has 2 heterocycles. The zero-order chi connectivity index (χ0) is 22.5. The molecule has 31 heavy (non-hydrogen) atoms. The van der Waals surface area contributed by atoms with Gasteiger partial charge in [-0.25, -0.2) is 9.78 Å². The summed E-state index contributed by atoms with van der Waals surface area (Å²) >= 11 is 0. The van der Waals surface area contributed by atoms with Gasteiger partial charge in [0.05, 0.1) is 13.7 Å². The monoisotopic (exact) mass is 436 g/mol. The summed E-state index contributed by atoms with van der Waals surface area (Å²) < 4.78 is 47.3. The van der Waals surface area contributed by atoms with E-state index in [1.165, 1.54) is 7.11 Å². The molecule has 0 saturated heterocycles. The van der Waals surface area contributed by atoms with E-state index in [0.29, 0.717) is 23.7 Å². The first-order valence-corrected chi connectivity index (χ1v) is 10.00. The first-order chi connectivity index (χ1) is 14.8. The van der Waals surface area contributed by atoms with Crippen molar-refractivity contribution in [3.05, 3.63) is 30.0 Å². The maximum absolute atomic E-state index is 13.2. The number of alkyl halides is 2. The normalized spacial score (nSPS) is 13.2. The minimum Gasteiger partial charge on any atom is -0.489 e. The molecule has 0 unspecified atom stereocenters. The van der Waals surface area contributed by atoms with E-state index in [4.69, 9.17) is 14.2 Å². The molecule has 0 fully saturated rings. The Morgan fingerprint density at radius 1 is 1.26 bits per heavy atom. The SMILES string of the molecule is COC(=O)Nc1cc2c(cn1)COc1c-2ccc(OC[C@H](C)CC(C)C)c1OC(F)F. The molecule has 0 saturated carbocycles. The van der Waals surface area contributed by atoms with Gasteiger partial charge in [0.2, 0.25) is 5.75 Å². The Kier molecular flexibility index (Phi) is 7.14. The first-order valence-electron chi connectivity index (χ1n) is 10.00. The summed E-state index contributed by atoms with van der Waals surface area (Å²) in [6.07, 6.45) is 1.83. The highest BCUT2D eigenvalue weighted by Crippen LogP contribution is 2.49. The molecule has 7 nitrogen and oxygen atoms in total. The number of carbonyl (C=O) groups excluding carboxylic acids is 1. The molecular formula is C22H26F2N2O5. The maximum Gasteiger partial charge on any atom is 0.412 e. The molecular weight excluding hydrogens is 410 g/mol. The fraction of sp³-hybridized carbons (Fsp3) is 0.455. The number of benzene rings is 1. The van der Waals surface area contributed by atoms with Gasteiger partial charge in [-0.2, -0.15) is 8.78 Å². The van der Waals surface area contributed by atoms with E-state index < -0.39 is 12.7 Å². The predicted octanol–water partition coefficient (Wildman–Crippen LogP) is 5.48. The topological polar surface area (TPSA) is 78.9 Å². The van der Waals surface area contributed by atoms with Crippen LogP contribution in [0.1, 0.15) is 32.8 Å². The van der Waals surface area contributed by atoms with Crippen molar-refractivity contribution >= 4 is 11.9 Å². The van der Waals surface area contributed by atoms with Gasteiger partial charge in [-0.1, -0.05) is 20.8 Å². The molecule has 168 valence electrons. The third-order valence-electron chi connectivity index (χ3n) is 4.74. The Labute approximate surface area is 179 Å². The van der Waals surface area contributed by atoms with Crippen LogP contribution in [-0.4, -0.2) is 31.4 Å². The molecule has 3 rings (SSSR count). The van der Waals surface area contributed by atoms with Crippen LogP contribution in [0.2, 0.25) is 0 Å². The van der Waals surface area contributed by atoms with Crippen LogP contribution in [0.25, 0.3) is 11.1 Å². The number of fused-ring (bicyclic) bond motifs is 3. The lowest BCUT2D eigenvalue weighted by atomic mass is 9.97. The number of anilines is 1. The first kappa shape index (κ1) is 22.6. The largest absolute Gasteiger partial charge is 0.489 e.